The molecule has 0 spiro atoms. The van der Waals surface area contributed by atoms with Crippen molar-refractivity contribution in [2.24, 2.45) is 5.10 Å². The lowest BCUT2D eigenvalue weighted by Crippen LogP contribution is -2.19. The van der Waals surface area contributed by atoms with Crippen LogP contribution >= 0.6 is 0 Å². The van der Waals surface area contributed by atoms with Crippen LogP contribution in [0.2, 0.25) is 0 Å². The smallest absolute Gasteiger partial charge is 0.271 e. The van der Waals surface area contributed by atoms with E-state index in [1.54, 1.807) is 18.2 Å². The quantitative estimate of drug-likeness (QED) is 0.573. The highest BCUT2D eigenvalue weighted by Gasteiger charge is 2.04. The summed E-state index contributed by atoms with van der Waals surface area (Å²) >= 11 is 0. The van der Waals surface area contributed by atoms with Gasteiger partial charge in [-0.05, 0) is 41.6 Å². The van der Waals surface area contributed by atoms with Crippen molar-refractivity contribution < 1.29 is 4.79 Å². The molecular formula is C19H17N3O2. The number of aryl methyl sites for hydroxylation is 1. The summed E-state index contributed by atoms with van der Waals surface area (Å²) in [5, 5.41) is 4.79. The Morgan fingerprint density at radius 2 is 1.92 bits per heavy atom. The first-order valence-corrected chi connectivity index (χ1v) is 7.72. The number of para-hydroxylation sites is 1. The van der Waals surface area contributed by atoms with Crippen molar-refractivity contribution in [3.05, 3.63) is 81.6 Å². The number of hydrazone groups is 1. The molecule has 1 amide bonds. The van der Waals surface area contributed by atoms with Crippen LogP contribution in [0.4, 0.5) is 0 Å². The lowest BCUT2D eigenvalue weighted by molar-refractivity contribution is 0.0955. The van der Waals surface area contributed by atoms with E-state index in [4.69, 9.17) is 0 Å². The van der Waals surface area contributed by atoms with Crippen LogP contribution in [0.25, 0.3) is 10.9 Å². The number of hydrogen-bond donors (Lipinski definition) is 2. The number of rotatable bonds is 4. The molecule has 0 bridgehead atoms. The number of pyridine rings is 1. The van der Waals surface area contributed by atoms with E-state index in [1.807, 2.05) is 36.4 Å². The number of amides is 1. The molecular weight excluding hydrogens is 302 g/mol. The summed E-state index contributed by atoms with van der Waals surface area (Å²) in [5.41, 5.74) is 5.02. The first-order chi connectivity index (χ1) is 11.7. The zero-order valence-electron chi connectivity index (χ0n) is 13.2. The van der Waals surface area contributed by atoms with Gasteiger partial charge in [0.25, 0.3) is 11.5 Å². The number of aromatic nitrogens is 1. The Bertz CT molecular complexity index is 956. The molecule has 0 saturated heterocycles. The number of nitrogens with zero attached hydrogens (tertiary/aromatic N) is 1. The molecule has 0 radical (unpaired) electrons. The molecule has 3 rings (SSSR count). The Kier molecular flexibility index (Phi) is 4.52. The van der Waals surface area contributed by atoms with E-state index in [2.05, 4.69) is 22.4 Å². The van der Waals surface area contributed by atoms with Gasteiger partial charge < -0.3 is 4.98 Å². The van der Waals surface area contributed by atoms with Crippen molar-refractivity contribution in [1.82, 2.24) is 10.4 Å². The molecule has 120 valence electrons. The van der Waals surface area contributed by atoms with E-state index < -0.39 is 0 Å². The van der Waals surface area contributed by atoms with Crippen molar-refractivity contribution >= 4 is 23.0 Å². The third kappa shape index (κ3) is 3.41. The lowest BCUT2D eigenvalue weighted by atomic mass is 10.1. The largest absolute Gasteiger partial charge is 0.321 e. The van der Waals surface area contributed by atoms with Gasteiger partial charge in [-0.1, -0.05) is 37.3 Å². The number of carbonyl (C=O) groups is 1. The molecule has 1 aromatic heterocycles. The van der Waals surface area contributed by atoms with Crippen molar-refractivity contribution in [3.8, 4) is 0 Å². The second-order valence-electron chi connectivity index (χ2n) is 5.39. The zero-order valence-corrected chi connectivity index (χ0v) is 13.2. The molecule has 0 fully saturated rings. The molecule has 0 saturated carbocycles. The average Bonchev–Trinajstić information content (AvgIpc) is 2.62. The summed E-state index contributed by atoms with van der Waals surface area (Å²) in [6.45, 7) is 2.06. The second-order valence-corrected chi connectivity index (χ2v) is 5.39. The molecule has 2 aromatic carbocycles. The Balaban J connectivity index is 1.74. The van der Waals surface area contributed by atoms with Gasteiger partial charge in [0.1, 0.15) is 0 Å². The van der Waals surface area contributed by atoms with Crippen LogP contribution < -0.4 is 11.0 Å². The summed E-state index contributed by atoms with van der Waals surface area (Å²) < 4.78 is 0. The molecule has 3 aromatic rings. The lowest BCUT2D eigenvalue weighted by Gasteiger charge is -2.02. The maximum absolute atomic E-state index is 12.0. The van der Waals surface area contributed by atoms with Gasteiger partial charge in [0.2, 0.25) is 0 Å². The molecule has 5 heteroatoms. The summed E-state index contributed by atoms with van der Waals surface area (Å²) in [7, 11) is 0. The van der Waals surface area contributed by atoms with E-state index >= 15 is 0 Å². The van der Waals surface area contributed by atoms with Gasteiger partial charge >= 0.3 is 0 Å². The zero-order chi connectivity index (χ0) is 16.9. The number of H-pyrrole nitrogens is 1. The third-order valence-corrected chi connectivity index (χ3v) is 3.78. The second kappa shape index (κ2) is 6.91. The molecule has 0 aliphatic heterocycles. The Morgan fingerprint density at radius 1 is 1.17 bits per heavy atom. The SMILES string of the molecule is CCc1ccc(C(=O)N/N=C/c2cc3ccccc3[nH]c2=O)cc1. The fraction of sp³-hybridized carbons (Fsp3) is 0.105. The standard InChI is InChI=1S/C19H17N3O2/c1-2-13-7-9-14(10-8-13)19(24)22-20-12-16-11-15-5-3-4-6-17(15)21-18(16)23/h3-12H,2H2,1H3,(H,21,23)(H,22,24)/b20-12+. The monoisotopic (exact) mass is 319 g/mol. The van der Waals surface area contributed by atoms with Crippen LogP contribution in [0.15, 0.2) is 64.5 Å². The summed E-state index contributed by atoms with van der Waals surface area (Å²) in [6.07, 6.45) is 2.27. The van der Waals surface area contributed by atoms with Gasteiger partial charge in [-0.3, -0.25) is 9.59 Å². The minimum absolute atomic E-state index is 0.251. The number of fused-ring (bicyclic) bond motifs is 1. The minimum Gasteiger partial charge on any atom is -0.321 e. The summed E-state index contributed by atoms with van der Waals surface area (Å²) in [5.74, 6) is -0.314. The van der Waals surface area contributed by atoms with E-state index in [-0.39, 0.29) is 11.5 Å². The van der Waals surface area contributed by atoms with Crippen molar-refractivity contribution in [2.45, 2.75) is 13.3 Å². The van der Waals surface area contributed by atoms with Crippen LogP contribution in [0.3, 0.4) is 0 Å². The molecule has 2 N–H and O–H groups in total. The van der Waals surface area contributed by atoms with Crippen LogP contribution in [-0.2, 0) is 6.42 Å². The Hall–Kier alpha value is -3.21. The Labute approximate surface area is 139 Å². The van der Waals surface area contributed by atoms with E-state index in [0.29, 0.717) is 11.1 Å². The highest BCUT2D eigenvalue weighted by atomic mass is 16.2. The molecule has 24 heavy (non-hydrogen) atoms. The first kappa shape index (κ1) is 15.7. The van der Waals surface area contributed by atoms with Crippen LogP contribution in [0.1, 0.15) is 28.4 Å². The average molecular weight is 319 g/mol. The topological polar surface area (TPSA) is 74.3 Å². The van der Waals surface area contributed by atoms with Crippen LogP contribution in [0.5, 0.6) is 0 Å². The third-order valence-electron chi connectivity index (χ3n) is 3.78. The minimum atomic E-state index is -0.314. The number of benzene rings is 2. The van der Waals surface area contributed by atoms with Gasteiger partial charge in [0.05, 0.1) is 11.8 Å². The van der Waals surface area contributed by atoms with Gasteiger partial charge in [-0.2, -0.15) is 5.10 Å². The molecule has 0 atom stereocenters. The molecule has 0 aliphatic carbocycles. The highest BCUT2D eigenvalue weighted by Crippen LogP contribution is 2.09. The number of nitrogens with one attached hydrogen (secondary N) is 2. The predicted molar refractivity (Wildman–Crippen MR) is 95.4 cm³/mol. The maximum Gasteiger partial charge on any atom is 0.271 e. The van der Waals surface area contributed by atoms with Gasteiger partial charge in [-0.15, -0.1) is 0 Å². The Morgan fingerprint density at radius 3 is 2.67 bits per heavy atom. The molecule has 0 unspecified atom stereocenters. The first-order valence-electron chi connectivity index (χ1n) is 7.72. The number of hydrogen-bond acceptors (Lipinski definition) is 3. The highest BCUT2D eigenvalue weighted by molar-refractivity contribution is 5.95. The molecule has 1 heterocycles. The van der Waals surface area contributed by atoms with Crippen molar-refractivity contribution in [1.29, 1.82) is 0 Å². The predicted octanol–water partition coefficient (Wildman–Crippen LogP) is 2.85. The van der Waals surface area contributed by atoms with Crippen molar-refractivity contribution in [3.63, 3.8) is 0 Å². The summed E-state index contributed by atoms with van der Waals surface area (Å²) in [6, 6.07) is 16.5. The molecule has 0 aliphatic rings. The maximum atomic E-state index is 12.0. The van der Waals surface area contributed by atoms with Crippen LogP contribution in [0, 0.1) is 0 Å². The van der Waals surface area contributed by atoms with E-state index in [0.717, 1.165) is 22.9 Å². The fourth-order valence-electron chi connectivity index (χ4n) is 2.38. The van der Waals surface area contributed by atoms with E-state index in [1.165, 1.54) is 6.21 Å². The number of aromatic amines is 1. The fourth-order valence-corrected chi connectivity index (χ4v) is 2.38. The number of carbonyl (C=O) groups excluding carboxylic acids is 1. The molecule has 5 nitrogen and oxygen atoms in total. The van der Waals surface area contributed by atoms with Gasteiger partial charge in [0.15, 0.2) is 0 Å². The van der Waals surface area contributed by atoms with E-state index in [9.17, 15) is 9.59 Å². The van der Waals surface area contributed by atoms with Gasteiger partial charge in [0, 0.05) is 11.1 Å². The normalized spacial score (nSPS) is 11.0. The van der Waals surface area contributed by atoms with Gasteiger partial charge in [-0.25, -0.2) is 5.43 Å². The van der Waals surface area contributed by atoms with Crippen molar-refractivity contribution in [2.75, 3.05) is 0 Å². The van der Waals surface area contributed by atoms with Crippen LogP contribution in [-0.4, -0.2) is 17.1 Å². The summed E-state index contributed by atoms with van der Waals surface area (Å²) in [4.78, 5) is 26.8.